The molecule has 2 heterocycles. The first kappa shape index (κ1) is 11.5. The maximum atomic E-state index is 12.0. The van der Waals surface area contributed by atoms with Crippen molar-refractivity contribution in [1.29, 1.82) is 0 Å². The van der Waals surface area contributed by atoms with Crippen molar-refractivity contribution in [2.45, 2.75) is 32.4 Å². The highest BCUT2D eigenvalue weighted by atomic mass is 16.6. The highest BCUT2D eigenvalue weighted by Gasteiger charge is 2.43. The molecule has 2 aliphatic heterocycles. The van der Waals surface area contributed by atoms with Gasteiger partial charge in [-0.3, -0.25) is 4.90 Å². The smallest absolute Gasteiger partial charge is 0.415 e. The largest absolute Gasteiger partial charge is 0.442 e. The van der Waals surface area contributed by atoms with Gasteiger partial charge in [-0.25, -0.2) is 4.79 Å². The van der Waals surface area contributed by atoms with Gasteiger partial charge in [-0.2, -0.15) is 0 Å². The first-order valence-corrected chi connectivity index (χ1v) is 6.44. The lowest BCUT2D eigenvalue weighted by molar-refractivity contribution is 0.121. The van der Waals surface area contributed by atoms with Crippen molar-refractivity contribution in [2.24, 2.45) is 0 Å². The van der Waals surface area contributed by atoms with Gasteiger partial charge in [-0.1, -0.05) is 6.07 Å². The number of aryl methyl sites for hydroxylation is 2. The Morgan fingerprint density at radius 1 is 1.28 bits per heavy atom. The molecule has 1 amide bonds. The molecule has 1 aromatic carbocycles. The number of hydrogen-bond donors (Lipinski definition) is 1. The van der Waals surface area contributed by atoms with E-state index in [-0.39, 0.29) is 18.2 Å². The van der Waals surface area contributed by atoms with Crippen molar-refractivity contribution in [2.75, 3.05) is 18.0 Å². The molecule has 4 heteroatoms. The van der Waals surface area contributed by atoms with Gasteiger partial charge in [-0.15, -0.1) is 0 Å². The number of carbonyl (C=O) groups is 1. The standard InChI is InChI=1S/C14H18N2O2/c1-9-5-10(2)7-11(6-9)16-12-3-4-15-8-13(12)18-14(16)17/h5-7,12-13,15H,3-4,8H2,1-2H3. The predicted octanol–water partition coefficient (Wildman–Crippen LogP) is 1.99. The summed E-state index contributed by atoms with van der Waals surface area (Å²) in [5.74, 6) is 0. The van der Waals surface area contributed by atoms with Crippen LogP contribution in [-0.2, 0) is 4.74 Å². The molecule has 1 N–H and O–H groups in total. The Morgan fingerprint density at radius 2 is 2.00 bits per heavy atom. The molecule has 18 heavy (non-hydrogen) atoms. The lowest BCUT2D eigenvalue weighted by Crippen LogP contribution is -2.47. The first-order valence-electron chi connectivity index (χ1n) is 6.44. The predicted molar refractivity (Wildman–Crippen MR) is 69.9 cm³/mol. The average molecular weight is 246 g/mol. The summed E-state index contributed by atoms with van der Waals surface area (Å²) in [7, 11) is 0. The third kappa shape index (κ3) is 1.86. The summed E-state index contributed by atoms with van der Waals surface area (Å²) in [6.45, 7) is 5.81. The lowest BCUT2D eigenvalue weighted by atomic mass is 10.0. The second-order valence-electron chi connectivity index (χ2n) is 5.20. The van der Waals surface area contributed by atoms with Crippen LogP contribution in [0.3, 0.4) is 0 Å². The minimum atomic E-state index is -0.210. The molecule has 0 bridgehead atoms. The van der Waals surface area contributed by atoms with E-state index in [0.29, 0.717) is 0 Å². The number of hydrogen-bond acceptors (Lipinski definition) is 3. The molecule has 3 rings (SSSR count). The molecule has 0 aliphatic carbocycles. The molecule has 0 radical (unpaired) electrons. The fraction of sp³-hybridized carbons (Fsp3) is 0.500. The quantitative estimate of drug-likeness (QED) is 0.824. The summed E-state index contributed by atoms with van der Waals surface area (Å²) in [5.41, 5.74) is 3.32. The number of carbonyl (C=O) groups excluding carboxylic acids is 1. The van der Waals surface area contributed by atoms with Crippen molar-refractivity contribution >= 4 is 11.8 Å². The fourth-order valence-corrected chi connectivity index (χ4v) is 2.94. The van der Waals surface area contributed by atoms with Crippen LogP contribution < -0.4 is 10.2 Å². The molecule has 0 spiro atoms. The SMILES string of the molecule is Cc1cc(C)cc(N2C(=O)OC3CNCCC32)c1. The molecular formula is C14H18N2O2. The Balaban J connectivity index is 1.96. The maximum Gasteiger partial charge on any atom is 0.415 e. The third-order valence-corrected chi connectivity index (χ3v) is 3.66. The van der Waals surface area contributed by atoms with E-state index in [0.717, 1.165) is 25.2 Å². The zero-order chi connectivity index (χ0) is 12.7. The van der Waals surface area contributed by atoms with Crippen molar-refractivity contribution in [3.05, 3.63) is 29.3 Å². The van der Waals surface area contributed by atoms with E-state index in [1.54, 1.807) is 0 Å². The first-order chi connectivity index (χ1) is 8.65. The van der Waals surface area contributed by atoms with Gasteiger partial charge in [0.05, 0.1) is 6.04 Å². The Kier molecular flexibility index (Phi) is 2.74. The Bertz CT molecular complexity index is 466. The van der Waals surface area contributed by atoms with Crippen LogP contribution in [0.1, 0.15) is 17.5 Å². The van der Waals surface area contributed by atoms with Crippen molar-refractivity contribution in [1.82, 2.24) is 5.32 Å². The van der Waals surface area contributed by atoms with Crippen molar-refractivity contribution < 1.29 is 9.53 Å². The average Bonchev–Trinajstić information content (AvgIpc) is 2.63. The van der Waals surface area contributed by atoms with E-state index in [4.69, 9.17) is 4.74 Å². The number of nitrogens with one attached hydrogen (secondary N) is 1. The van der Waals surface area contributed by atoms with Gasteiger partial charge >= 0.3 is 6.09 Å². The normalized spacial score (nSPS) is 27.0. The van der Waals surface area contributed by atoms with Crippen LogP contribution in [0.2, 0.25) is 0 Å². The second-order valence-corrected chi connectivity index (χ2v) is 5.20. The topological polar surface area (TPSA) is 41.6 Å². The van der Waals surface area contributed by atoms with Crippen LogP contribution in [0, 0.1) is 13.8 Å². The minimum absolute atomic E-state index is 0.00734. The van der Waals surface area contributed by atoms with E-state index in [1.807, 2.05) is 4.90 Å². The Hall–Kier alpha value is -1.55. The third-order valence-electron chi connectivity index (χ3n) is 3.66. The summed E-state index contributed by atoms with van der Waals surface area (Å²) in [6, 6.07) is 6.40. The molecule has 0 aromatic heterocycles. The molecule has 2 aliphatic rings. The fourth-order valence-electron chi connectivity index (χ4n) is 2.94. The number of anilines is 1. The van der Waals surface area contributed by atoms with Gasteiger partial charge in [0.25, 0.3) is 0 Å². The maximum absolute atomic E-state index is 12.0. The van der Waals surface area contributed by atoms with Crippen LogP contribution in [0.4, 0.5) is 10.5 Å². The molecule has 2 atom stereocenters. The van der Waals surface area contributed by atoms with Gasteiger partial charge in [0.1, 0.15) is 6.10 Å². The second kappa shape index (κ2) is 4.28. The zero-order valence-electron chi connectivity index (χ0n) is 10.8. The van der Waals surface area contributed by atoms with Gasteiger partial charge in [0, 0.05) is 12.2 Å². The number of rotatable bonds is 1. The number of benzene rings is 1. The van der Waals surface area contributed by atoms with Crippen LogP contribution in [0.5, 0.6) is 0 Å². The van der Waals surface area contributed by atoms with Gasteiger partial charge in [0.2, 0.25) is 0 Å². The minimum Gasteiger partial charge on any atom is -0.442 e. The van der Waals surface area contributed by atoms with E-state index in [2.05, 4.69) is 37.4 Å². The highest BCUT2D eigenvalue weighted by molar-refractivity contribution is 5.91. The summed E-state index contributed by atoms with van der Waals surface area (Å²) >= 11 is 0. The number of piperidine rings is 1. The highest BCUT2D eigenvalue weighted by Crippen LogP contribution is 2.31. The molecule has 4 nitrogen and oxygen atoms in total. The summed E-state index contributed by atoms with van der Waals surface area (Å²) < 4.78 is 5.44. The molecule has 1 aromatic rings. The molecule has 2 saturated heterocycles. The lowest BCUT2D eigenvalue weighted by Gasteiger charge is -2.28. The number of nitrogens with zero attached hydrogens (tertiary/aromatic N) is 1. The van der Waals surface area contributed by atoms with Crippen LogP contribution in [0.25, 0.3) is 0 Å². The monoisotopic (exact) mass is 246 g/mol. The summed E-state index contributed by atoms with van der Waals surface area (Å²) in [4.78, 5) is 13.9. The van der Waals surface area contributed by atoms with Crippen molar-refractivity contribution in [3.8, 4) is 0 Å². The molecule has 2 fully saturated rings. The van der Waals surface area contributed by atoms with Crippen LogP contribution in [-0.4, -0.2) is 31.3 Å². The number of ether oxygens (including phenoxy) is 1. The van der Waals surface area contributed by atoms with E-state index >= 15 is 0 Å². The number of amides is 1. The van der Waals surface area contributed by atoms with Gasteiger partial charge in [-0.05, 0) is 50.1 Å². The Morgan fingerprint density at radius 3 is 2.72 bits per heavy atom. The van der Waals surface area contributed by atoms with Crippen molar-refractivity contribution in [3.63, 3.8) is 0 Å². The van der Waals surface area contributed by atoms with E-state index in [1.165, 1.54) is 11.1 Å². The molecular weight excluding hydrogens is 228 g/mol. The van der Waals surface area contributed by atoms with Crippen LogP contribution >= 0.6 is 0 Å². The van der Waals surface area contributed by atoms with Gasteiger partial charge in [0.15, 0.2) is 0 Å². The van der Waals surface area contributed by atoms with Gasteiger partial charge < -0.3 is 10.1 Å². The van der Waals surface area contributed by atoms with E-state index in [9.17, 15) is 4.79 Å². The Labute approximate surface area is 107 Å². The molecule has 2 unspecified atom stereocenters. The molecule has 0 saturated carbocycles. The molecule has 96 valence electrons. The van der Waals surface area contributed by atoms with E-state index < -0.39 is 0 Å². The van der Waals surface area contributed by atoms with Crippen LogP contribution in [0.15, 0.2) is 18.2 Å². The summed E-state index contributed by atoms with van der Waals surface area (Å²) in [5, 5.41) is 3.27. The number of fused-ring (bicyclic) bond motifs is 1. The summed E-state index contributed by atoms with van der Waals surface area (Å²) in [6.07, 6.45) is 0.731. The zero-order valence-corrected chi connectivity index (χ0v) is 10.8.